The molecule has 172 valence electrons. The van der Waals surface area contributed by atoms with E-state index in [1.165, 1.54) is 6.92 Å². The van der Waals surface area contributed by atoms with Crippen LogP contribution in [0.2, 0.25) is 0 Å². The second-order valence-corrected chi connectivity index (χ2v) is 8.10. The fourth-order valence-corrected chi connectivity index (χ4v) is 4.42. The third-order valence-electron chi connectivity index (χ3n) is 5.98. The highest BCUT2D eigenvalue weighted by atomic mass is 16.5. The van der Waals surface area contributed by atoms with Crippen LogP contribution < -0.4 is 15.6 Å². The molecule has 1 aromatic carbocycles. The summed E-state index contributed by atoms with van der Waals surface area (Å²) in [6.45, 7) is 7.42. The van der Waals surface area contributed by atoms with Gasteiger partial charge in [-0.25, -0.2) is 9.97 Å². The molecule has 0 saturated heterocycles. The van der Waals surface area contributed by atoms with Crippen molar-refractivity contribution in [2.75, 3.05) is 12.4 Å². The van der Waals surface area contributed by atoms with Crippen molar-refractivity contribution in [2.24, 2.45) is 0 Å². The maximum Gasteiger partial charge on any atom is 0.302 e. The van der Waals surface area contributed by atoms with Gasteiger partial charge in [-0.15, -0.1) is 0 Å². The van der Waals surface area contributed by atoms with E-state index < -0.39 is 6.10 Å². The number of anilines is 1. The maximum atomic E-state index is 13.6. The third kappa shape index (κ3) is 4.20. The van der Waals surface area contributed by atoms with E-state index in [-0.39, 0.29) is 17.6 Å². The Bertz CT molecular complexity index is 1270. The number of hydrogen-bond acceptors (Lipinski definition) is 7. The lowest BCUT2D eigenvalue weighted by Crippen LogP contribution is -2.32. The van der Waals surface area contributed by atoms with E-state index in [2.05, 4.69) is 10.3 Å². The topological polar surface area (TPSA) is 95.3 Å². The molecule has 2 atom stereocenters. The molecule has 3 aromatic rings. The van der Waals surface area contributed by atoms with Crippen molar-refractivity contribution in [3.63, 3.8) is 0 Å². The van der Waals surface area contributed by atoms with Gasteiger partial charge in [0.1, 0.15) is 17.6 Å². The van der Waals surface area contributed by atoms with Gasteiger partial charge in [-0.05, 0) is 38.0 Å². The number of pyridine rings is 1. The summed E-state index contributed by atoms with van der Waals surface area (Å²) in [7, 11) is 1.57. The lowest BCUT2D eigenvalue weighted by Gasteiger charge is -2.24. The smallest absolute Gasteiger partial charge is 0.302 e. The van der Waals surface area contributed by atoms with Crippen molar-refractivity contribution in [2.45, 2.75) is 52.8 Å². The molecule has 8 nitrogen and oxygen atoms in total. The number of benzene rings is 1. The summed E-state index contributed by atoms with van der Waals surface area (Å²) in [4.78, 5) is 34.5. The van der Waals surface area contributed by atoms with E-state index in [9.17, 15) is 9.59 Å². The Kier molecular flexibility index (Phi) is 6.18. The van der Waals surface area contributed by atoms with Crippen molar-refractivity contribution in [1.82, 2.24) is 14.5 Å². The van der Waals surface area contributed by atoms with Crippen LogP contribution in [-0.4, -0.2) is 33.7 Å². The zero-order valence-electron chi connectivity index (χ0n) is 19.5. The van der Waals surface area contributed by atoms with Crippen LogP contribution in [-0.2, 0) is 22.5 Å². The highest BCUT2D eigenvalue weighted by molar-refractivity contribution is 5.67. The number of nitrogens with zero attached hydrogens (tertiary/aromatic N) is 3. The first-order valence-electron chi connectivity index (χ1n) is 11.0. The van der Waals surface area contributed by atoms with Gasteiger partial charge in [0.15, 0.2) is 0 Å². The Balaban J connectivity index is 1.78. The molecular formula is C25H28N4O4. The molecule has 0 bridgehead atoms. The molecule has 2 heterocycles. The van der Waals surface area contributed by atoms with Crippen molar-refractivity contribution in [3.8, 4) is 17.3 Å². The van der Waals surface area contributed by atoms with Crippen LogP contribution in [0.15, 0.2) is 41.2 Å². The van der Waals surface area contributed by atoms with Gasteiger partial charge < -0.3 is 14.8 Å². The van der Waals surface area contributed by atoms with E-state index in [4.69, 9.17) is 14.5 Å². The lowest BCUT2D eigenvalue weighted by molar-refractivity contribution is -0.146. The minimum Gasteiger partial charge on any atom is -0.481 e. The Morgan fingerprint density at radius 1 is 1.15 bits per heavy atom. The summed E-state index contributed by atoms with van der Waals surface area (Å²) in [6.07, 6.45) is 0.193. The maximum absolute atomic E-state index is 13.6. The summed E-state index contributed by atoms with van der Waals surface area (Å²) in [5, 5.41) is 3.37. The van der Waals surface area contributed by atoms with E-state index in [1.54, 1.807) is 24.7 Å². The average molecular weight is 449 g/mol. The van der Waals surface area contributed by atoms with Gasteiger partial charge >= 0.3 is 5.97 Å². The number of aromatic nitrogens is 3. The fourth-order valence-electron chi connectivity index (χ4n) is 4.42. The number of carbonyl (C=O) groups is 1. The number of carbonyl (C=O) groups excluding carboxylic acids is 1. The van der Waals surface area contributed by atoms with Crippen LogP contribution in [0.25, 0.3) is 11.4 Å². The predicted molar refractivity (Wildman–Crippen MR) is 125 cm³/mol. The first-order chi connectivity index (χ1) is 15.8. The quantitative estimate of drug-likeness (QED) is 0.576. The molecule has 2 aromatic heterocycles. The van der Waals surface area contributed by atoms with Crippen molar-refractivity contribution in [1.29, 1.82) is 0 Å². The summed E-state index contributed by atoms with van der Waals surface area (Å²) in [5.74, 6) is 0.716. The SMILES string of the molecule is CCn1c(-c2ccc(OC)nc2C)nc(C)c(NC2c3ccccc3CC2OC(C)=O)c1=O. The number of esters is 1. The third-order valence-corrected chi connectivity index (χ3v) is 5.98. The summed E-state index contributed by atoms with van der Waals surface area (Å²) >= 11 is 0. The minimum absolute atomic E-state index is 0.179. The Labute approximate surface area is 192 Å². The van der Waals surface area contributed by atoms with Crippen LogP contribution in [0.4, 0.5) is 5.69 Å². The second kappa shape index (κ2) is 9.05. The molecule has 8 heteroatoms. The summed E-state index contributed by atoms with van der Waals surface area (Å²) < 4.78 is 12.4. The van der Waals surface area contributed by atoms with Crippen LogP contribution >= 0.6 is 0 Å². The molecule has 1 N–H and O–H groups in total. The van der Waals surface area contributed by atoms with Gasteiger partial charge in [0.2, 0.25) is 5.88 Å². The molecule has 0 saturated carbocycles. The van der Waals surface area contributed by atoms with E-state index in [0.717, 1.165) is 22.4 Å². The van der Waals surface area contributed by atoms with Crippen molar-refractivity contribution in [3.05, 3.63) is 69.3 Å². The van der Waals surface area contributed by atoms with Gasteiger partial charge in [0, 0.05) is 31.5 Å². The Morgan fingerprint density at radius 3 is 2.58 bits per heavy atom. The molecule has 0 aliphatic heterocycles. The van der Waals surface area contributed by atoms with Gasteiger partial charge in [-0.1, -0.05) is 24.3 Å². The van der Waals surface area contributed by atoms with Crippen molar-refractivity contribution < 1.29 is 14.3 Å². The number of rotatable bonds is 6. The predicted octanol–water partition coefficient (Wildman–Crippen LogP) is 3.59. The summed E-state index contributed by atoms with van der Waals surface area (Å²) in [5.41, 5.74) is 4.40. The fraction of sp³-hybridized carbons (Fsp3) is 0.360. The average Bonchev–Trinajstić information content (AvgIpc) is 3.12. The van der Waals surface area contributed by atoms with E-state index in [0.29, 0.717) is 36.1 Å². The van der Waals surface area contributed by atoms with E-state index in [1.807, 2.05) is 44.2 Å². The molecule has 4 rings (SSSR count). The molecule has 0 fully saturated rings. The molecule has 2 unspecified atom stereocenters. The van der Waals surface area contributed by atoms with Gasteiger partial charge in [0.05, 0.1) is 24.5 Å². The number of nitrogens with one attached hydrogen (secondary N) is 1. The van der Waals surface area contributed by atoms with Gasteiger partial charge in [-0.3, -0.25) is 14.2 Å². The van der Waals surface area contributed by atoms with Crippen LogP contribution in [0, 0.1) is 13.8 Å². The number of fused-ring (bicyclic) bond motifs is 1. The van der Waals surface area contributed by atoms with E-state index >= 15 is 0 Å². The zero-order valence-corrected chi connectivity index (χ0v) is 19.5. The second-order valence-electron chi connectivity index (χ2n) is 8.10. The number of methoxy groups -OCH3 is 1. The van der Waals surface area contributed by atoms with Gasteiger partial charge in [0.25, 0.3) is 5.56 Å². The molecule has 1 aliphatic carbocycles. The molecule has 1 aliphatic rings. The highest BCUT2D eigenvalue weighted by Crippen LogP contribution is 2.36. The Hall–Kier alpha value is -3.68. The summed E-state index contributed by atoms with van der Waals surface area (Å²) in [6, 6.07) is 11.2. The normalized spacial score (nSPS) is 16.9. The van der Waals surface area contributed by atoms with Crippen LogP contribution in [0.3, 0.4) is 0 Å². The minimum atomic E-state index is -0.401. The highest BCUT2D eigenvalue weighted by Gasteiger charge is 2.35. The largest absolute Gasteiger partial charge is 0.481 e. The number of ether oxygens (including phenoxy) is 2. The van der Waals surface area contributed by atoms with Crippen LogP contribution in [0.5, 0.6) is 5.88 Å². The number of hydrogen-bond donors (Lipinski definition) is 1. The number of aryl methyl sites for hydroxylation is 2. The molecule has 0 amide bonds. The molecule has 33 heavy (non-hydrogen) atoms. The van der Waals surface area contributed by atoms with Gasteiger partial charge in [-0.2, -0.15) is 0 Å². The van der Waals surface area contributed by atoms with Crippen molar-refractivity contribution >= 4 is 11.7 Å². The zero-order chi connectivity index (χ0) is 23.7. The Morgan fingerprint density at radius 2 is 1.91 bits per heavy atom. The first-order valence-corrected chi connectivity index (χ1v) is 11.0. The lowest BCUT2D eigenvalue weighted by atomic mass is 10.1. The molecule has 0 radical (unpaired) electrons. The monoisotopic (exact) mass is 448 g/mol. The first kappa shape index (κ1) is 22.5. The standard InChI is InChI=1S/C25H28N4O4/c1-6-29-24(18-11-12-21(32-5)26-14(18)2)27-15(3)22(25(29)31)28-23-19-10-8-7-9-17(19)13-20(23)33-16(4)30/h7-12,20,23,28H,6,13H2,1-5H3. The molecular weight excluding hydrogens is 420 g/mol. The van der Waals surface area contributed by atoms with Crippen LogP contribution in [0.1, 0.15) is 42.4 Å². The molecule has 0 spiro atoms.